The lowest BCUT2D eigenvalue weighted by Crippen LogP contribution is -2.48. The number of piperidine rings is 1. The third-order valence-corrected chi connectivity index (χ3v) is 4.82. The Morgan fingerprint density at radius 2 is 1.74 bits per heavy atom. The molecule has 110 valence electrons. The molecule has 2 rings (SSSR count). The molecule has 0 spiro atoms. The number of nitrogens with one attached hydrogen (secondary N) is 1. The van der Waals surface area contributed by atoms with Gasteiger partial charge in [0.25, 0.3) is 0 Å². The summed E-state index contributed by atoms with van der Waals surface area (Å²) < 4.78 is 0. The van der Waals surface area contributed by atoms with Gasteiger partial charge in [-0.25, -0.2) is 0 Å². The van der Waals surface area contributed by atoms with Gasteiger partial charge >= 0.3 is 0 Å². The lowest BCUT2D eigenvalue weighted by molar-refractivity contribution is -0.134. The molecule has 0 aromatic carbocycles. The Balaban J connectivity index is 1.76. The number of amides is 1. The van der Waals surface area contributed by atoms with Crippen molar-refractivity contribution in [1.82, 2.24) is 10.2 Å². The molecule has 2 fully saturated rings. The molecule has 19 heavy (non-hydrogen) atoms. The van der Waals surface area contributed by atoms with Crippen LogP contribution in [0.25, 0.3) is 0 Å². The molecule has 1 aliphatic carbocycles. The summed E-state index contributed by atoms with van der Waals surface area (Å²) >= 11 is 0. The van der Waals surface area contributed by atoms with E-state index in [4.69, 9.17) is 0 Å². The first-order chi connectivity index (χ1) is 9.31. The molecular formula is C16H30N2O. The molecule has 1 atom stereocenters. The zero-order valence-corrected chi connectivity index (χ0v) is 12.5. The number of carbonyl (C=O) groups is 1. The number of carbonyl (C=O) groups excluding carboxylic acids is 1. The zero-order chi connectivity index (χ0) is 13.5. The number of likely N-dealkylation sites (tertiary alicyclic amines) is 1. The Labute approximate surface area is 118 Å². The highest BCUT2D eigenvalue weighted by atomic mass is 16.2. The predicted octanol–water partition coefficient (Wildman–Crippen LogP) is 3.09. The van der Waals surface area contributed by atoms with Crippen LogP contribution < -0.4 is 5.32 Å². The van der Waals surface area contributed by atoms with E-state index in [1.54, 1.807) is 0 Å². The molecule has 3 nitrogen and oxygen atoms in total. The Morgan fingerprint density at radius 3 is 2.42 bits per heavy atom. The monoisotopic (exact) mass is 266 g/mol. The molecule has 1 saturated heterocycles. The van der Waals surface area contributed by atoms with Gasteiger partial charge in [-0.1, -0.05) is 32.6 Å². The molecule has 0 aromatic rings. The Kier molecular flexibility index (Phi) is 6.15. The lowest BCUT2D eigenvalue weighted by atomic mass is 10.00. The maximum absolute atomic E-state index is 12.4. The molecular weight excluding hydrogens is 236 g/mol. The summed E-state index contributed by atoms with van der Waals surface area (Å²) in [6, 6.07) is 1.08. The minimum absolute atomic E-state index is 0.329. The predicted molar refractivity (Wildman–Crippen MR) is 79.1 cm³/mol. The molecule has 1 N–H and O–H groups in total. The van der Waals surface area contributed by atoms with Crippen LogP contribution in [0.3, 0.4) is 0 Å². The van der Waals surface area contributed by atoms with Crippen LogP contribution in [0.5, 0.6) is 0 Å². The molecule has 0 radical (unpaired) electrons. The highest BCUT2D eigenvalue weighted by molar-refractivity contribution is 5.78. The second kappa shape index (κ2) is 7.88. The quantitative estimate of drug-likeness (QED) is 0.793. The minimum Gasteiger partial charge on any atom is -0.339 e. The first-order valence-electron chi connectivity index (χ1n) is 8.34. The number of hydrogen-bond donors (Lipinski definition) is 1. The zero-order valence-electron chi connectivity index (χ0n) is 12.5. The van der Waals surface area contributed by atoms with Crippen molar-refractivity contribution < 1.29 is 4.79 Å². The number of hydrogen-bond acceptors (Lipinski definition) is 2. The topological polar surface area (TPSA) is 32.3 Å². The third kappa shape index (κ3) is 4.48. The first kappa shape index (κ1) is 14.8. The van der Waals surface area contributed by atoms with Crippen molar-refractivity contribution in [2.24, 2.45) is 0 Å². The minimum atomic E-state index is 0.329. The van der Waals surface area contributed by atoms with Crippen molar-refractivity contribution in [1.29, 1.82) is 0 Å². The summed E-state index contributed by atoms with van der Waals surface area (Å²) in [5.41, 5.74) is 0. The van der Waals surface area contributed by atoms with Crippen LogP contribution in [-0.2, 0) is 4.79 Å². The summed E-state index contributed by atoms with van der Waals surface area (Å²) in [4.78, 5) is 14.5. The number of rotatable bonds is 4. The van der Waals surface area contributed by atoms with Gasteiger partial charge < -0.3 is 10.2 Å². The summed E-state index contributed by atoms with van der Waals surface area (Å²) in [6.45, 7) is 3.74. The van der Waals surface area contributed by atoms with Crippen LogP contribution in [0.2, 0.25) is 0 Å². The second-order valence-electron chi connectivity index (χ2n) is 6.21. The van der Waals surface area contributed by atoms with Crippen molar-refractivity contribution in [3.05, 3.63) is 0 Å². The van der Waals surface area contributed by atoms with Gasteiger partial charge in [-0.05, 0) is 38.5 Å². The van der Waals surface area contributed by atoms with Gasteiger partial charge in [0.2, 0.25) is 5.91 Å². The SMILES string of the molecule is CCC1CCCCN1C(=O)CNC1CCCCCC1. The van der Waals surface area contributed by atoms with E-state index in [1.165, 1.54) is 57.8 Å². The fourth-order valence-electron chi connectivity index (χ4n) is 3.57. The van der Waals surface area contributed by atoms with Crippen molar-refractivity contribution in [3.63, 3.8) is 0 Å². The third-order valence-electron chi connectivity index (χ3n) is 4.82. The van der Waals surface area contributed by atoms with Crippen molar-refractivity contribution in [2.75, 3.05) is 13.1 Å². The molecule has 1 saturated carbocycles. The van der Waals surface area contributed by atoms with Crippen LogP contribution in [0, 0.1) is 0 Å². The average Bonchev–Trinajstić information content (AvgIpc) is 2.73. The van der Waals surface area contributed by atoms with Crippen LogP contribution in [0.1, 0.15) is 71.1 Å². The molecule has 1 unspecified atom stereocenters. The van der Waals surface area contributed by atoms with Crippen molar-refractivity contribution in [3.8, 4) is 0 Å². The van der Waals surface area contributed by atoms with E-state index in [2.05, 4.69) is 17.1 Å². The second-order valence-corrected chi connectivity index (χ2v) is 6.21. The summed E-state index contributed by atoms with van der Waals surface area (Å²) in [5.74, 6) is 0.329. The Morgan fingerprint density at radius 1 is 1.05 bits per heavy atom. The van der Waals surface area contributed by atoms with Crippen molar-refractivity contribution >= 4 is 5.91 Å². The fraction of sp³-hybridized carbons (Fsp3) is 0.938. The van der Waals surface area contributed by atoms with Crippen LogP contribution in [0.15, 0.2) is 0 Å². The van der Waals surface area contributed by atoms with Gasteiger partial charge in [0.05, 0.1) is 6.54 Å². The molecule has 1 heterocycles. The lowest BCUT2D eigenvalue weighted by Gasteiger charge is -2.35. The highest BCUT2D eigenvalue weighted by Gasteiger charge is 2.25. The molecule has 1 aliphatic heterocycles. The van der Waals surface area contributed by atoms with E-state index in [9.17, 15) is 4.79 Å². The maximum Gasteiger partial charge on any atom is 0.236 e. The van der Waals surface area contributed by atoms with Crippen LogP contribution in [-0.4, -0.2) is 36.0 Å². The molecule has 2 aliphatic rings. The Hall–Kier alpha value is -0.570. The smallest absolute Gasteiger partial charge is 0.236 e. The molecule has 3 heteroatoms. The van der Waals surface area contributed by atoms with Gasteiger partial charge in [0.15, 0.2) is 0 Å². The van der Waals surface area contributed by atoms with E-state index in [1.807, 2.05) is 0 Å². The van der Waals surface area contributed by atoms with Gasteiger partial charge in [0.1, 0.15) is 0 Å². The molecule has 0 aromatic heterocycles. The Bertz CT molecular complexity index is 272. The van der Waals surface area contributed by atoms with Crippen LogP contribution >= 0.6 is 0 Å². The summed E-state index contributed by atoms with van der Waals surface area (Å²) in [6.07, 6.45) is 12.7. The summed E-state index contributed by atoms with van der Waals surface area (Å²) in [5, 5.41) is 3.51. The maximum atomic E-state index is 12.4. The van der Waals surface area contributed by atoms with Gasteiger partial charge in [-0.2, -0.15) is 0 Å². The van der Waals surface area contributed by atoms with Gasteiger partial charge in [0, 0.05) is 18.6 Å². The highest BCUT2D eigenvalue weighted by Crippen LogP contribution is 2.20. The average molecular weight is 266 g/mol. The van der Waals surface area contributed by atoms with Gasteiger partial charge in [-0.3, -0.25) is 4.79 Å². The van der Waals surface area contributed by atoms with E-state index in [-0.39, 0.29) is 0 Å². The van der Waals surface area contributed by atoms with E-state index in [0.29, 0.717) is 24.5 Å². The standard InChI is InChI=1S/C16H30N2O/c1-2-15-11-7-8-12-18(15)16(19)13-17-14-9-5-3-4-6-10-14/h14-15,17H,2-13H2,1H3. The summed E-state index contributed by atoms with van der Waals surface area (Å²) in [7, 11) is 0. The molecule has 1 amide bonds. The van der Waals surface area contributed by atoms with Crippen LogP contribution in [0.4, 0.5) is 0 Å². The largest absolute Gasteiger partial charge is 0.339 e. The number of nitrogens with zero attached hydrogens (tertiary/aromatic N) is 1. The van der Waals surface area contributed by atoms with E-state index in [0.717, 1.165) is 13.0 Å². The van der Waals surface area contributed by atoms with E-state index >= 15 is 0 Å². The molecule has 0 bridgehead atoms. The first-order valence-corrected chi connectivity index (χ1v) is 8.34. The van der Waals surface area contributed by atoms with Gasteiger partial charge in [-0.15, -0.1) is 0 Å². The van der Waals surface area contributed by atoms with E-state index < -0.39 is 0 Å². The van der Waals surface area contributed by atoms with Crippen molar-refractivity contribution in [2.45, 2.75) is 83.2 Å². The normalized spacial score (nSPS) is 26.2. The fourth-order valence-corrected chi connectivity index (χ4v) is 3.57.